The molecule has 1 N–H and O–H groups in total. The van der Waals surface area contributed by atoms with Crippen LogP contribution in [-0.4, -0.2) is 21.4 Å². The van der Waals surface area contributed by atoms with Crippen molar-refractivity contribution >= 4 is 34.3 Å². The van der Waals surface area contributed by atoms with E-state index < -0.39 is 5.97 Å². The summed E-state index contributed by atoms with van der Waals surface area (Å²) in [4.78, 5) is 23.8. The van der Waals surface area contributed by atoms with E-state index in [0.717, 1.165) is 22.2 Å². The Morgan fingerprint density at radius 1 is 1.16 bits per heavy atom. The minimum atomic E-state index is -0.992. The molecule has 0 spiro atoms. The molecule has 0 unspecified atom stereocenters. The number of Topliss-reactive ketones (excluding diaryl/α,β-unsaturated/α-hetero) is 1. The minimum absolute atomic E-state index is 0.0449. The molecule has 1 aromatic heterocycles. The van der Waals surface area contributed by atoms with Gasteiger partial charge in [-0.2, -0.15) is 0 Å². The van der Waals surface area contributed by atoms with Crippen LogP contribution in [0.25, 0.3) is 10.9 Å². The molecule has 0 fully saturated rings. The van der Waals surface area contributed by atoms with Gasteiger partial charge in [-0.1, -0.05) is 42.8 Å². The van der Waals surface area contributed by atoms with Gasteiger partial charge in [0.2, 0.25) is 0 Å². The highest BCUT2D eigenvalue weighted by molar-refractivity contribution is 6.31. The van der Waals surface area contributed by atoms with Crippen molar-refractivity contribution in [3.63, 3.8) is 0 Å². The number of benzene rings is 2. The Balaban J connectivity index is 2.26. The number of carboxylic acid groups (broad SMARTS) is 1. The Bertz CT molecular complexity index is 988. The molecular weight excluding hydrogens is 338 g/mol. The van der Waals surface area contributed by atoms with Gasteiger partial charge in [0.1, 0.15) is 0 Å². The van der Waals surface area contributed by atoms with Crippen molar-refractivity contribution in [2.75, 3.05) is 0 Å². The van der Waals surface area contributed by atoms with E-state index in [2.05, 4.69) is 0 Å². The number of rotatable bonds is 5. The molecule has 1 heterocycles. The van der Waals surface area contributed by atoms with E-state index in [-0.39, 0.29) is 11.3 Å². The van der Waals surface area contributed by atoms with Crippen LogP contribution in [0.3, 0.4) is 0 Å². The zero-order chi connectivity index (χ0) is 18.1. The van der Waals surface area contributed by atoms with Crippen LogP contribution >= 0.6 is 11.6 Å². The van der Waals surface area contributed by atoms with E-state index in [4.69, 9.17) is 11.6 Å². The van der Waals surface area contributed by atoms with E-state index >= 15 is 0 Å². The number of carboxylic acids is 1. The average Bonchev–Trinajstić information content (AvgIpc) is 2.87. The third kappa shape index (κ3) is 3.05. The zero-order valence-corrected chi connectivity index (χ0v) is 14.8. The first kappa shape index (κ1) is 17.2. The van der Waals surface area contributed by atoms with Gasteiger partial charge in [0.05, 0.1) is 11.1 Å². The summed E-state index contributed by atoms with van der Waals surface area (Å²) in [6.07, 6.45) is 0.396. The molecule has 3 aromatic rings. The molecule has 0 aliphatic carbocycles. The summed E-state index contributed by atoms with van der Waals surface area (Å²) in [6, 6.07) is 12.4. The van der Waals surface area contributed by atoms with Gasteiger partial charge in [0, 0.05) is 34.6 Å². The first-order chi connectivity index (χ1) is 11.9. The topological polar surface area (TPSA) is 59.3 Å². The molecule has 5 heteroatoms. The molecule has 0 aliphatic rings. The van der Waals surface area contributed by atoms with Crippen molar-refractivity contribution < 1.29 is 14.7 Å². The Hall–Kier alpha value is -2.59. The van der Waals surface area contributed by atoms with Gasteiger partial charge < -0.3 is 9.67 Å². The molecule has 0 radical (unpaired) electrons. The van der Waals surface area contributed by atoms with Crippen molar-refractivity contribution in [1.82, 2.24) is 4.57 Å². The molecule has 0 saturated carbocycles. The second-order valence-corrected chi connectivity index (χ2v) is 6.36. The summed E-state index contributed by atoms with van der Waals surface area (Å²) in [5, 5.41) is 10.7. The van der Waals surface area contributed by atoms with Crippen LogP contribution < -0.4 is 0 Å². The highest BCUT2D eigenvalue weighted by Gasteiger charge is 2.20. The van der Waals surface area contributed by atoms with E-state index in [0.29, 0.717) is 23.6 Å². The Morgan fingerprint density at radius 3 is 2.52 bits per heavy atom. The quantitative estimate of drug-likeness (QED) is 0.659. The molecule has 0 aliphatic heterocycles. The van der Waals surface area contributed by atoms with Crippen LogP contribution in [0.5, 0.6) is 0 Å². The molecule has 4 nitrogen and oxygen atoms in total. The predicted molar refractivity (Wildman–Crippen MR) is 98.8 cm³/mol. The number of fused-ring (bicyclic) bond motifs is 1. The molecule has 0 saturated heterocycles. The molecule has 0 atom stereocenters. The van der Waals surface area contributed by atoms with Gasteiger partial charge in [-0.25, -0.2) is 4.79 Å². The highest BCUT2D eigenvalue weighted by Crippen LogP contribution is 2.30. The van der Waals surface area contributed by atoms with E-state index in [1.165, 1.54) is 6.07 Å². The van der Waals surface area contributed by atoms with Gasteiger partial charge in [-0.05, 0) is 30.7 Å². The first-order valence-corrected chi connectivity index (χ1v) is 8.44. The fourth-order valence-corrected chi connectivity index (χ4v) is 3.33. The normalized spacial score (nSPS) is 11.0. The number of hydrogen-bond donors (Lipinski definition) is 1. The lowest BCUT2D eigenvalue weighted by Gasteiger charge is -2.10. The van der Waals surface area contributed by atoms with Gasteiger partial charge in [-0.15, -0.1) is 0 Å². The second-order valence-electron chi connectivity index (χ2n) is 5.95. The number of aromatic carboxylic acids is 1. The molecule has 0 bridgehead atoms. The number of hydrogen-bond acceptors (Lipinski definition) is 2. The van der Waals surface area contributed by atoms with Crippen molar-refractivity contribution in [3.05, 3.63) is 69.9 Å². The van der Waals surface area contributed by atoms with Gasteiger partial charge >= 0.3 is 5.97 Å². The summed E-state index contributed by atoms with van der Waals surface area (Å²) < 4.78 is 1.96. The Labute approximate surface area is 150 Å². The Morgan fingerprint density at radius 2 is 1.88 bits per heavy atom. The van der Waals surface area contributed by atoms with Crippen molar-refractivity contribution in [2.24, 2.45) is 0 Å². The fourth-order valence-electron chi connectivity index (χ4n) is 3.14. The van der Waals surface area contributed by atoms with Crippen LogP contribution in [0, 0.1) is 6.92 Å². The minimum Gasteiger partial charge on any atom is -0.478 e. The molecule has 128 valence electrons. The maximum atomic E-state index is 12.4. The monoisotopic (exact) mass is 355 g/mol. The Kier molecular flexibility index (Phi) is 4.64. The summed E-state index contributed by atoms with van der Waals surface area (Å²) in [5.41, 5.74) is 3.32. The molecule has 3 rings (SSSR count). The maximum absolute atomic E-state index is 12.4. The van der Waals surface area contributed by atoms with Crippen LogP contribution in [0.4, 0.5) is 0 Å². The SMILES string of the molecule is CCC(=O)c1c(C)n(Cc2ccccc2Cl)c2cc(C(=O)O)ccc12. The van der Waals surface area contributed by atoms with E-state index in [1.54, 1.807) is 12.1 Å². The van der Waals surface area contributed by atoms with Crippen LogP contribution in [0.1, 0.15) is 45.3 Å². The van der Waals surface area contributed by atoms with Crippen molar-refractivity contribution in [1.29, 1.82) is 0 Å². The van der Waals surface area contributed by atoms with Crippen LogP contribution in [-0.2, 0) is 6.54 Å². The smallest absolute Gasteiger partial charge is 0.335 e. The number of halogens is 1. The second kappa shape index (κ2) is 6.73. The highest BCUT2D eigenvalue weighted by atomic mass is 35.5. The van der Waals surface area contributed by atoms with Gasteiger partial charge in [0.25, 0.3) is 0 Å². The molecular formula is C20H18ClNO3. The third-order valence-corrected chi connectivity index (χ3v) is 4.83. The largest absolute Gasteiger partial charge is 0.478 e. The first-order valence-electron chi connectivity index (χ1n) is 8.06. The van der Waals surface area contributed by atoms with Crippen molar-refractivity contribution in [2.45, 2.75) is 26.8 Å². The standard InChI is InChI=1S/C20H18ClNO3/c1-3-18(23)19-12(2)22(11-14-6-4-5-7-16(14)21)17-10-13(20(24)25)8-9-15(17)19/h4-10H,3,11H2,1-2H3,(H,24,25). The van der Waals surface area contributed by atoms with E-state index in [1.807, 2.05) is 42.7 Å². The molecule has 0 amide bonds. The lowest BCUT2D eigenvalue weighted by molar-refractivity contribution is 0.0696. The van der Waals surface area contributed by atoms with Crippen molar-refractivity contribution in [3.8, 4) is 0 Å². The van der Waals surface area contributed by atoms with Gasteiger partial charge in [0.15, 0.2) is 5.78 Å². The van der Waals surface area contributed by atoms with Gasteiger partial charge in [-0.3, -0.25) is 4.79 Å². The number of aromatic nitrogens is 1. The summed E-state index contributed by atoms with van der Waals surface area (Å²) in [6.45, 7) is 4.19. The number of nitrogens with zero attached hydrogens (tertiary/aromatic N) is 1. The van der Waals surface area contributed by atoms with E-state index in [9.17, 15) is 14.7 Å². The summed E-state index contributed by atoms with van der Waals surface area (Å²) in [5.74, 6) is -0.947. The molecule has 25 heavy (non-hydrogen) atoms. The number of carbonyl (C=O) groups excluding carboxylic acids is 1. The van der Waals surface area contributed by atoms with Crippen LogP contribution in [0.2, 0.25) is 5.02 Å². The molecule has 2 aromatic carbocycles. The predicted octanol–water partition coefficient (Wildman–Crippen LogP) is 4.94. The number of carbonyl (C=O) groups is 2. The lowest BCUT2D eigenvalue weighted by Crippen LogP contribution is -2.05. The van der Waals surface area contributed by atoms with Crippen LogP contribution in [0.15, 0.2) is 42.5 Å². The number of ketones is 1. The summed E-state index contributed by atoms with van der Waals surface area (Å²) >= 11 is 6.28. The zero-order valence-electron chi connectivity index (χ0n) is 14.0. The average molecular weight is 356 g/mol. The maximum Gasteiger partial charge on any atom is 0.335 e. The third-order valence-electron chi connectivity index (χ3n) is 4.46. The lowest BCUT2D eigenvalue weighted by atomic mass is 10.0. The fraction of sp³-hybridized carbons (Fsp3) is 0.200. The summed E-state index contributed by atoms with van der Waals surface area (Å²) in [7, 11) is 0.